The maximum atomic E-state index is 6.66. The third-order valence-corrected chi connectivity index (χ3v) is 14.5. The highest BCUT2D eigenvalue weighted by Gasteiger charge is 2.47. The zero-order valence-electron chi connectivity index (χ0n) is 15.0. The van der Waals surface area contributed by atoms with Crippen molar-refractivity contribution >= 4 is 25.2 Å². The fourth-order valence-electron chi connectivity index (χ4n) is 3.43. The molecule has 6 heteroatoms. The lowest BCUT2D eigenvalue weighted by Gasteiger charge is -2.45. The fourth-order valence-corrected chi connectivity index (χ4v) is 18.3. The molecule has 0 aliphatic rings. The SMILES string of the molecule is CCC([N+](C)(C)C)[Si](C)(C)O[Si](C)(C)O[Si](C)(C)C. The Morgan fingerprint density at radius 1 is 0.842 bits per heavy atom. The molecule has 0 aromatic rings. The summed E-state index contributed by atoms with van der Waals surface area (Å²) in [6.45, 7) is 18.1. The molecule has 0 saturated heterocycles. The van der Waals surface area contributed by atoms with Gasteiger partial charge in [-0.2, -0.15) is 0 Å². The summed E-state index contributed by atoms with van der Waals surface area (Å²) < 4.78 is 14.0. The van der Waals surface area contributed by atoms with Crippen molar-refractivity contribution in [2.75, 3.05) is 21.1 Å². The van der Waals surface area contributed by atoms with Crippen LogP contribution in [-0.4, -0.2) is 56.5 Å². The molecule has 0 aliphatic heterocycles. The van der Waals surface area contributed by atoms with Crippen LogP contribution in [0.4, 0.5) is 0 Å². The van der Waals surface area contributed by atoms with Gasteiger partial charge in [0.05, 0.1) is 21.1 Å². The molecule has 0 spiro atoms. The monoisotopic (exact) mass is 322 g/mol. The average Bonchev–Trinajstić information content (AvgIpc) is 1.91. The molecule has 0 heterocycles. The summed E-state index contributed by atoms with van der Waals surface area (Å²) in [5.41, 5.74) is 0.601. The van der Waals surface area contributed by atoms with Crippen LogP contribution in [0.5, 0.6) is 0 Å². The van der Waals surface area contributed by atoms with E-state index in [-0.39, 0.29) is 0 Å². The van der Waals surface area contributed by atoms with Crippen LogP contribution in [-0.2, 0) is 8.23 Å². The largest absolute Gasteiger partial charge is 0.437 e. The Bertz CT molecular complexity index is 293. The van der Waals surface area contributed by atoms with E-state index in [0.717, 1.165) is 4.48 Å². The molecule has 0 rings (SSSR count). The zero-order chi connectivity index (χ0) is 15.7. The van der Waals surface area contributed by atoms with E-state index in [1.165, 1.54) is 6.42 Å². The smallest absolute Gasteiger partial charge is 0.311 e. The first-order valence-corrected chi connectivity index (χ1v) is 16.5. The lowest BCUT2D eigenvalue weighted by Crippen LogP contribution is -2.64. The molecule has 19 heavy (non-hydrogen) atoms. The lowest BCUT2D eigenvalue weighted by atomic mass is 10.4. The quantitative estimate of drug-likeness (QED) is 0.524. The summed E-state index contributed by atoms with van der Waals surface area (Å²) in [6, 6.07) is 0. The first kappa shape index (κ1) is 19.5. The van der Waals surface area contributed by atoms with Crippen LogP contribution in [0.25, 0.3) is 0 Å². The van der Waals surface area contributed by atoms with E-state index >= 15 is 0 Å². The standard InChI is InChI=1S/C13H36NO2Si3/c1-12-13(14(2,3)4)18(8,9)16-19(10,11)15-17(5,6)7/h13H,12H2,1-11H3/q+1. The predicted octanol–water partition coefficient (Wildman–Crippen LogP) is 3.79. The van der Waals surface area contributed by atoms with Crippen LogP contribution in [0.2, 0.25) is 45.8 Å². The molecule has 0 aromatic carbocycles. The third kappa shape index (κ3) is 7.19. The van der Waals surface area contributed by atoms with E-state index < -0.39 is 25.2 Å². The van der Waals surface area contributed by atoms with Crippen molar-refractivity contribution in [2.24, 2.45) is 0 Å². The first-order chi connectivity index (χ1) is 8.11. The number of hydrogen-bond donors (Lipinski definition) is 0. The Labute approximate surface area is 124 Å². The van der Waals surface area contributed by atoms with Gasteiger partial charge in [-0.25, -0.2) is 0 Å². The number of quaternary nitrogens is 1. The summed E-state index contributed by atoms with van der Waals surface area (Å²) in [5, 5.41) is 0. The number of nitrogens with zero attached hydrogens (tertiary/aromatic N) is 1. The first-order valence-electron chi connectivity index (χ1n) is 7.32. The minimum Gasteiger partial charge on any atom is -0.437 e. The molecule has 0 N–H and O–H groups in total. The van der Waals surface area contributed by atoms with Gasteiger partial charge in [-0.15, -0.1) is 0 Å². The van der Waals surface area contributed by atoms with Gasteiger partial charge in [-0.05, 0) is 52.2 Å². The van der Waals surface area contributed by atoms with Gasteiger partial charge in [0.1, 0.15) is 5.67 Å². The van der Waals surface area contributed by atoms with Crippen molar-refractivity contribution in [3.8, 4) is 0 Å². The van der Waals surface area contributed by atoms with Crippen LogP contribution in [0, 0.1) is 0 Å². The molecular weight excluding hydrogens is 286 g/mol. The minimum absolute atomic E-state index is 0.601. The zero-order valence-corrected chi connectivity index (χ0v) is 18.0. The Balaban J connectivity index is 5.03. The Kier molecular flexibility index (Phi) is 6.28. The van der Waals surface area contributed by atoms with Crippen molar-refractivity contribution in [1.29, 1.82) is 0 Å². The molecule has 1 atom stereocenters. The molecule has 0 aliphatic carbocycles. The van der Waals surface area contributed by atoms with E-state index in [9.17, 15) is 0 Å². The highest BCUT2D eigenvalue weighted by molar-refractivity contribution is 6.87. The molecule has 0 fully saturated rings. The highest BCUT2D eigenvalue weighted by atomic mass is 28.5. The van der Waals surface area contributed by atoms with E-state index in [1.54, 1.807) is 0 Å². The molecule has 3 nitrogen and oxygen atoms in total. The van der Waals surface area contributed by atoms with Gasteiger partial charge in [-0.3, -0.25) is 0 Å². The summed E-state index contributed by atoms with van der Waals surface area (Å²) in [5.74, 6) is 0. The van der Waals surface area contributed by atoms with Gasteiger partial charge in [0.2, 0.25) is 8.32 Å². The Morgan fingerprint density at radius 2 is 1.26 bits per heavy atom. The van der Waals surface area contributed by atoms with Gasteiger partial charge in [0, 0.05) is 0 Å². The van der Waals surface area contributed by atoms with E-state index in [0.29, 0.717) is 5.67 Å². The molecule has 1 unspecified atom stereocenters. The summed E-state index contributed by atoms with van der Waals surface area (Å²) in [6.07, 6.45) is 1.17. The van der Waals surface area contributed by atoms with E-state index in [1.807, 2.05) is 0 Å². The second-order valence-corrected chi connectivity index (χ2v) is 20.9. The number of hydrogen-bond acceptors (Lipinski definition) is 2. The molecule has 0 aromatic heterocycles. The van der Waals surface area contributed by atoms with E-state index in [2.05, 4.69) is 73.9 Å². The second kappa shape index (κ2) is 6.11. The average molecular weight is 323 g/mol. The third-order valence-electron chi connectivity index (χ3n) is 3.19. The molecule has 0 amide bonds. The van der Waals surface area contributed by atoms with Gasteiger partial charge < -0.3 is 12.7 Å². The van der Waals surface area contributed by atoms with Crippen LogP contribution in [0.3, 0.4) is 0 Å². The maximum Gasteiger partial charge on any atom is 0.311 e. The molecular formula is C13H36NO2Si3+. The lowest BCUT2D eigenvalue weighted by molar-refractivity contribution is -0.885. The highest BCUT2D eigenvalue weighted by Crippen LogP contribution is 2.27. The van der Waals surface area contributed by atoms with Gasteiger partial charge in [0.25, 0.3) is 0 Å². The Hall–Kier alpha value is 0.531. The van der Waals surface area contributed by atoms with E-state index in [4.69, 9.17) is 8.23 Å². The molecule has 116 valence electrons. The van der Waals surface area contributed by atoms with Crippen molar-refractivity contribution in [2.45, 2.75) is 64.8 Å². The normalized spacial score (nSPS) is 16.6. The van der Waals surface area contributed by atoms with Crippen LogP contribution in [0.1, 0.15) is 13.3 Å². The molecule has 0 radical (unpaired) electrons. The summed E-state index contributed by atoms with van der Waals surface area (Å²) in [7, 11) is 1.51. The predicted molar refractivity (Wildman–Crippen MR) is 92.6 cm³/mol. The van der Waals surface area contributed by atoms with Crippen molar-refractivity contribution in [3.63, 3.8) is 0 Å². The summed E-state index contributed by atoms with van der Waals surface area (Å²) >= 11 is 0. The molecule has 0 saturated carbocycles. The maximum absolute atomic E-state index is 6.66. The Morgan fingerprint density at radius 3 is 1.53 bits per heavy atom. The fraction of sp³-hybridized carbons (Fsp3) is 1.00. The molecule has 0 bridgehead atoms. The van der Waals surface area contributed by atoms with Crippen LogP contribution in [0.15, 0.2) is 0 Å². The van der Waals surface area contributed by atoms with Gasteiger partial charge in [0.15, 0.2) is 8.32 Å². The second-order valence-electron chi connectivity index (χ2n) is 8.36. The minimum atomic E-state index is -2.02. The van der Waals surface area contributed by atoms with Crippen molar-refractivity contribution in [1.82, 2.24) is 0 Å². The van der Waals surface area contributed by atoms with Crippen LogP contribution >= 0.6 is 0 Å². The van der Waals surface area contributed by atoms with Crippen molar-refractivity contribution < 1.29 is 12.7 Å². The summed E-state index contributed by atoms with van der Waals surface area (Å²) in [4.78, 5) is 0. The van der Waals surface area contributed by atoms with Crippen molar-refractivity contribution in [3.05, 3.63) is 0 Å². The topological polar surface area (TPSA) is 18.5 Å². The number of rotatable bonds is 7. The van der Waals surface area contributed by atoms with Gasteiger partial charge in [-0.1, -0.05) is 6.92 Å². The van der Waals surface area contributed by atoms with Crippen LogP contribution < -0.4 is 0 Å². The van der Waals surface area contributed by atoms with Gasteiger partial charge >= 0.3 is 8.56 Å².